The molecule has 1 heterocycles. The van der Waals surface area contributed by atoms with Gasteiger partial charge in [0.1, 0.15) is 18.0 Å². The molecule has 0 aliphatic rings. The Morgan fingerprint density at radius 3 is 2.82 bits per heavy atom. The fourth-order valence-electron chi connectivity index (χ4n) is 1.38. The zero-order valence-corrected chi connectivity index (χ0v) is 9.69. The number of aryl methyl sites for hydroxylation is 1. The fourth-order valence-corrected chi connectivity index (χ4v) is 1.38. The normalized spacial score (nSPS) is 10.3. The van der Waals surface area contributed by atoms with E-state index < -0.39 is 22.8 Å². The highest BCUT2D eigenvalue weighted by molar-refractivity contribution is 5.96. The maximum atomic E-state index is 11.9. The number of carbonyl (C=O) groups excluding carboxylic acids is 1. The standard InChI is InChI=1S/C10H15N3O4/c1-3-17-5-13-6(2)4-7(14)8(10(13)16)9(15)12-11/h4,14H,3,5,11H2,1-2H3,(H,12,15). The van der Waals surface area contributed by atoms with E-state index in [0.29, 0.717) is 12.3 Å². The number of nitrogen functional groups attached to an aromatic ring is 1. The largest absolute Gasteiger partial charge is 0.507 e. The maximum absolute atomic E-state index is 11.9. The first-order chi connectivity index (χ1) is 8.02. The predicted octanol–water partition coefficient (Wildman–Crippen LogP) is -0.540. The number of hydrogen-bond donors (Lipinski definition) is 3. The summed E-state index contributed by atoms with van der Waals surface area (Å²) in [7, 11) is 0. The van der Waals surface area contributed by atoms with E-state index in [1.165, 1.54) is 10.6 Å². The summed E-state index contributed by atoms with van der Waals surface area (Å²) < 4.78 is 6.35. The van der Waals surface area contributed by atoms with Crippen molar-refractivity contribution < 1.29 is 14.6 Å². The van der Waals surface area contributed by atoms with Gasteiger partial charge in [0.2, 0.25) is 0 Å². The molecule has 0 saturated carbocycles. The van der Waals surface area contributed by atoms with Crippen LogP contribution in [-0.4, -0.2) is 22.2 Å². The molecule has 0 aromatic carbocycles. The number of aromatic nitrogens is 1. The molecule has 94 valence electrons. The van der Waals surface area contributed by atoms with Crippen LogP contribution in [0.3, 0.4) is 0 Å². The summed E-state index contributed by atoms with van der Waals surface area (Å²) in [5.74, 6) is 3.70. The Morgan fingerprint density at radius 2 is 2.29 bits per heavy atom. The van der Waals surface area contributed by atoms with Crippen LogP contribution >= 0.6 is 0 Å². The molecule has 1 rings (SSSR count). The molecule has 0 aliphatic carbocycles. The average Bonchev–Trinajstić information content (AvgIpc) is 2.28. The third kappa shape index (κ3) is 2.63. The summed E-state index contributed by atoms with van der Waals surface area (Å²) in [4.78, 5) is 23.3. The van der Waals surface area contributed by atoms with Gasteiger partial charge < -0.3 is 9.84 Å². The van der Waals surface area contributed by atoms with Gasteiger partial charge in [0, 0.05) is 18.4 Å². The van der Waals surface area contributed by atoms with Crippen LogP contribution in [0, 0.1) is 6.92 Å². The molecule has 0 aliphatic heterocycles. The van der Waals surface area contributed by atoms with Gasteiger partial charge in [-0.15, -0.1) is 0 Å². The van der Waals surface area contributed by atoms with Gasteiger partial charge >= 0.3 is 0 Å². The lowest BCUT2D eigenvalue weighted by molar-refractivity contribution is 0.0827. The van der Waals surface area contributed by atoms with Crippen LogP contribution in [0.25, 0.3) is 0 Å². The minimum absolute atomic E-state index is 0.0201. The highest BCUT2D eigenvalue weighted by atomic mass is 16.5. The molecule has 0 radical (unpaired) electrons. The molecule has 1 aromatic heterocycles. The number of nitrogens with two attached hydrogens (primary N) is 1. The molecule has 0 fully saturated rings. The van der Waals surface area contributed by atoms with E-state index in [0.717, 1.165) is 0 Å². The second-order valence-electron chi connectivity index (χ2n) is 3.37. The van der Waals surface area contributed by atoms with Crippen molar-refractivity contribution in [3.8, 4) is 5.75 Å². The van der Waals surface area contributed by atoms with Crippen molar-refractivity contribution in [2.24, 2.45) is 5.84 Å². The van der Waals surface area contributed by atoms with Gasteiger partial charge in [0.05, 0.1) is 0 Å². The van der Waals surface area contributed by atoms with Gasteiger partial charge in [-0.2, -0.15) is 0 Å². The van der Waals surface area contributed by atoms with E-state index in [-0.39, 0.29) is 6.73 Å². The monoisotopic (exact) mass is 241 g/mol. The smallest absolute Gasteiger partial charge is 0.274 e. The molecule has 7 nitrogen and oxygen atoms in total. The first kappa shape index (κ1) is 13.2. The van der Waals surface area contributed by atoms with Crippen molar-refractivity contribution in [1.29, 1.82) is 0 Å². The summed E-state index contributed by atoms with van der Waals surface area (Å²) in [6.45, 7) is 3.87. The van der Waals surface area contributed by atoms with Crippen LogP contribution < -0.4 is 16.8 Å². The Hall–Kier alpha value is -1.86. The lowest BCUT2D eigenvalue weighted by atomic mass is 10.2. The van der Waals surface area contributed by atoms with Gasteiger partial charge in [-0.05, 0) is 13.8 Å². The highest BCUT2D eigenvalue weighted by Crippen LogP contribution is 2.14. The van der Waals surface area contributed by atoms with Crippen LogP contribution in [0.1, 0.15) is 23.0 Å². The average molecular weight is 241 g/mol. The van der Waals surface area contributed by atoms with E-state index in [4.69, 9.17) is 10.6 Å². The fraction of sp³-hybridized carbons (Fsp3) is 0.400. The number of ether oxygens (including phenoxy) is 1. The third-order valence-electron chi connectivity index (χ3n) is 2.27. The number of nitrogens with zero attached hydrogens (tertiary/aromatic N) is 1. The zero-order chi connectivity index (χ0) is 13.0. The van der Waals surface area contributed by atoms with Crippen LogP contribution in [0.4, 0.5) is 0 Å². The second kappa shape index (κ2) is 5.46. The molecule has 0 atom stereocenters. The SMILES string of the molecule is CCOCn1c(C)cc(O)c(C(=O)NN)c1=O. The highest BCUT2D eigenvalue weighted by Gasteiger charge is 2.18. The van der Waals surface area contributed by atoms with Crippen molar-refractivity contribution in [2.75, 3.05) is 6.61 Å². The third-order valence-corrected chi connectivity index (χ3v) is 2.27. The van der Waals surface area contributed by atoms with Crippen molar-refractivity contribution in [3.63, 3.8) is 0 Å². The van der Waals surface area contributed by atoms with E-state index in [1.54, 1.807) is 13.8 Å². The number of carbonyl (C=O) groups is 1. The molecular formula is C10H15N3O4. The number of amides is 1. The lowest BCUT2D eigenvalue weighted by Gasteiger charge is -2.12. The topological polar surface area (TPSA) is 107 Å². The quantitative estimate of drug-likeness (QED) is 0.373. The first-order valence-corrected chi connectivity index (χ1v) is 5.05. The molecule has 4 N–H and O–H groups in total. The van der Waals surface area contributed by atoms with Crippen LogP contribution in [-0.2, 0) is 11.5 Å². The molecule has 0 bridgehead atoms. The summed E-state index contributed by atoms with van der Waals surface area (Å²) in [5, 5.41) is 9.55. The molecule has 0 saturated heterocycles. The molecule has 1 aromatic rings. The summed E-state index contributed by atoms with van der Waals surface area (Å²) >= 11 is 0. The molecule has 1 amide bonds. The van der Waals surface area contributed by atoms with Crippen LogP contribution in [0.15, 0.2) is 10.9 Å². The molecule has 17 heavy (non-hydrogen) atoms. The van der Waals surface area contributed by atoms with Crippen molar-refractivity contribution in [2.45, 2.75) is 20.6 Å². The Kier molecular flexibility index (Phi) is 4.24. The molecule has 0 spiro atoms. The van der Waals surface area contributed by atoms with Crippen LogP contribution in [0.2, 0.25) is 0 Å². The van der Waals surface area contributed by atoms with Gasteiger partial charge in [-0.25, -0.2) is 5.84 Å². The van der Waals surface area contributed by atoms with Crippen molar-refractivity contribution in [1.82, 2.24) is 9.99 Å². The Bertz CT molecular complexity index is 481. The maximum Gasteiger partial charge on any atom is 0.274 e. The second-order valence-corrected chi connectivity index (χ2v) is 3.37. The summed E-state index contributed by atoms with van der Waals surface area (Å²) in [6.07, 6.45) is 0. The van der Waals surface area contributed by atoms with Crippen molar-refractivity contribution >= 4 is 5.91 Å². The molecular weight excluding hydrogens is 226 g/mol. The van der Waals surface area contributed by atoms with Gasteiger partial charge in [0.25, 0.3) is 11.5 Å². The van der Waals surface area contributed by atoms with E-state index in [2.05, 4.69) is 0 Å². The minimum atomic E-state index is -0.835. The Balaban J connectivity index is 3.33. The van der Waals surface area contributed by atoms with E-state index in [1.807, 2.05) is 5.43 Å². The van der Waals surface area contributed by atoms with E-state index >= 15 is 0 Å². The van der Waals surface area contributed by atoms with Gasteiger partial charge in [-0.3, -0.25) is 19.6 Å². The number of hydrazine groups is 1. The molecule has 7 heteroatoms. The summed E-state index contributed by atoms with van der Waals surface area (Å²) in [5.41, 5.74) is 1.28. The first-order valence-electron chi connectivity index (χ1n) is 5.05. The summed E-state index contributed by atoms with van der Waals surface area (Å²) in [6, 6.07) is 1.31. The van der Waals surface area contributed by atoms with Crippen LogP contribution in [0.5, 0.6) is 5.75 Å². The minimum Gasteiger partial charge on any atom is -0.507 e. The predicted molar refractivity (Wildman–Crippen MR) is 60.4 cm³/mol. The zero-order valence-electron chi connectivity index (χ0n) is 9.69. The lowest BCUT2D eigenvalue weighted by Crippen LogP contribution is -2.37. The Labute approximate surface area is 97.8 Å². The number of pyridine rings is 1. The van der Waals surface area contributed by atoms with Crippen molar-refractivity contribution in [3.05, 3.63) is 27.7 Å². The number of nitrogens with one attached hydrogen (secondary N) is 1. The van der Waals surface area contributed by atoms with Gasteiger partial charge in [-0.1, -0.05) is 0 Å². The molecule has 0 unspecified atom stereocenters. The number of hydrogen-bond acceptors (Lipinski definition) is 5. The Morgan fingerprint density at radius 1 is 1.65 bits per heavy atom. The van der Waals surface area contributed by atoms with Gasteiger partial charge in [0.15, 0.2) is 0 Å². The number of rotatable bonds is 4. The number of aromatic hydroxyl groups is 1. The van der Waals surface area contributed by atoms with E-state index in [9.17, 15) is 14.7 Å².